The maximum absolute atomic E-state index is 12.3. The highest BCUT2D eigenvalue weighted by atomic mass is 16.2. The van der Waals surface area contributed by atoms with Gasteiger partial charge in [-0.3, -0.25) is 4.79 Å². The fourth-order valence-corrected chi connectivity index (χ4v) is 2.62. The minimum atomic E-state index is 0.323. The molecule has 1 fully saturated rings. The van der Waals surface area contributed by atoms with E-state index in [9.17, 15) is 4.79 Å². The fraction of sp³-hybridized carbons (Fsp3) is 0.933. The third-order valence-electron chi connectivity index (χ3n) is 4.29. The smallest absolute Gasteiger partial charge is 0.224 e. The third-order valence-corrected chi connectivity index (χ3v) is 4.29. The Kier molecular flexibility index (Phi) is 6.69. The number of hydrogen-bond donors (Lipinski definition) is 1. The van der Waals surface area contributed by atoms with Crippen LogP contribution in [0.15, 0.2) is 0 Å². The maximum Gasteiger partial charge on any atom is 0.224 e. The monoisotopic (exact) mass is 254 g/mol. The Balaban J connectivity index is 2.45. The van der Waals surface area contributed by atoms with Gasteiger partial charge in [0.05, 0.1) is 0 Å². The molecule has 1 aliphatic heterocycles. The molecule has 1 rings (SSSR count). The first-order valence-corrected chi connectivity index (χ1v) is 7.59. The Bertz CT molecular complexity index is 255. The second-order valence-electron chi connectivity index (χ2n) is 5.83. The number of amides is 1. The van der Waals surface area contributed by atoms with Gasteiger partial charge in [0.25, 0.3) is 0 Å². The third kappa shape index (κ3) is 4.60. The number of carbonyl (C=O) groups excluding carboxylic acids is 1. The minimum absolute atomic E-state index is 0.323. The molecule has 3 atom stereocenters. The van der Waals surface area contributed by atoms with Crippen molar-refractivity contribution in [3.8, 4) is 0 Å². The van der Waals surface area contributed by atoms with Gasteiger partial charge in [-0.2, -0.15) is 0 Å². The zero-order chi connectivity index (χ0) is 13.5. The van der Waals surface area contributed by atoms with Crippen molar-refractivity contribution in [2.75, 3.05) is 19.6 Å². The van der Waals surface area contributed by atoms with Crippen LogP contribution in [0.5, 0.6) is 0 Å². The van der Waals surface area contributed by atoms with E-state index in [1.54, 1.807) is 0 Å². The molecule has 0 bridgehead atoms. The first-order chi connectivity index (χ1) is 8.58. The summed E-state index contributed by atoms with van der Waals surface area (Å²) >= 11 is 0. The summed E-state index contributed by atoms with van der Waals surface area (Å²) in [6.07, 6.45) is 4.31. The van der Waals surface area contributed by atoms with Crippen LogP contribution in [0.1, 0.15) is 53.4 Å². The van der Waals surface area contributed by atoms with Gasteiger partial charge < -0.3 is 10.2 Å². The number of rotatable bonds is 6. The first-order valence-electron chi connectivity index (χ1n) is 7.59. The Hall–Kier alpha value is -0.570. The van der Waals surface area contributed by atoms with Crippen molar-refractivity contribution in [2.24, 2.45) is 11.8 Å². The molecule has 1 N–H and O–H groups in total. The number of nitrogens with one attached hydrogen (secondary N) is 1. The van der Waals surface area contributed by atoms with Crippen LogP contribution in [0, 0.1) is 11.8 Å². The van der Waals surface area contributed by atoms with Gasteiger partial charge >= 0.3 is 0 Å². The Morgan fingerprint density at radius 2 is 2.17 bits per heavy atom. The highest BCUT2D eigenvalue weighted by Gasteiger charge is 2.25. The van der Waals surface area contributed by atoms with Gasteiger partial charge in [-0.05, 0) is 38.1 Å². The molecule has 18 heavy (non-hydrogen) atoms. The zero-order valence-electron chi connectivity index (χ0n) is 12.5. The summed E-state index contributed by atoms with van der Waals surface area (Å²) in [5.41, 5.74) is 0. The van der Waals surface area contributed by atoms with Gasteiger partial charge in [-0.15, -0.1) is 0 Å². The molecule has 0 aromatic carbocycles. The van der Waals surface area contributed by atoms with Gasteiger partial charge in [-0.25, -0.2) is 0 Å². The molecule has 106 valence electrons. The van der Waals surface area contributed by atoms with Crippen molar-refractivity contribution in [3.05, 3.63) is 0 Å². The summed E-state index contributed by atoms with van der Waals surface area (Å²) in [6.45, 7) is 11.6. The van der Waals surface area contributed by atoms with Gasteiger partial charge in [0.1, 0.15) is 0 Å². The van der Waals surface area contributed by atoms with Gasteiger partial charge in [0, 0.05) is 25.6 Å². The molecule has 0 saturated carbocycles. The molecule has 3 heteroatoms. The number of hydrogen-bond acceptors (Lipinski definition) is 2. The van der Waals surface area contributed by atoms with Crippen LogP contribution in [0.3, 0.4) is 0 Å². The van der Waals surface area contributed by atoms with Gasteiger partial charge in [0.2, 0.25) is 5.91 Å². The molecule has 3 nitrogen and oxygen atoms in total. The van der Waals surface area contributed by atoms with E-state index in [2.05, 4.69) is 33.0 Å². The van der Waals surface area contributed by atoms with Gasteiger partial charge in [0.15, 0.2) is 0 Å². The first kappa shape index (κ1) is 15.5. The van der Waals surface area contributed by atoms with E-state index >= 15 is 0 Å². The Labute approximate surface area is 112 Å². The van der Waals surface area contributed by atoms with Crippen molar-refractivity contribution in [3.63, 3.8) is 0 Å². The van der Waals surface area contributed by atoms with Crippen molar-refractivity contribution in [1.82, 2.24) is 10.2 Å². The van der Waals surface area contributed by atoms with E-state index in [1.807, 2.05) is 4.90 Å². The molecular formula is C15H30N2O. The number of piperidine rings is 1. The van der Waals surface area contributed by atoms with Crippen molar-refractivity contribution < 1.29 is 4.79 Å². The standard InChI is InChI=1S/C15H30N2O/c1-5-12(3)11-17(6-2)15(18)10-14-13(4)8-7-9-16-14/h12-14,16H,5-11H2,1-4H3. The molecule has 0 spiro atoms. The minimum Gasteiger partial charge on any atom is -0.343 e. The second kappa shape index (κ2) is 7.78. The molecule has 0 aromatic rings. The van der Waals surface area contributed by atoms with E-state index in [1.165, 1.54) is 12.8 Å². The van der Waals surface area contributed by atoms with Crippen LogP contribution in [-0.4, -0.2) is 36.5 Å². The summed E-state index contributed by atoms with van der Waals surface area (Å²) in [4.78, 5) is 14.4. The zero-order valence-corrected chi connectivity index (χ0v) is 12.5. The lowest BCUT2D eigenvalue weighted by Gasteiger charge is -2.32. The van der Waals surface area contributed by atoms with Crippen LogP contribution in [0.4, 0.5) is 0 Å². The normalized spacial score (nSPS) is 25.8. The lowest BCUT2D eigenvalue weighted by Crippen LogP contribution is -2.45. The van der Waals surface area contributed by atoms with E-state index in [0.717, 1.165) is 26.1 Å². The van der Waals surface area contributed by atoms with Crippen molar-refractivity contribution >= 4 is 5.91 Å². The Morgan fingerprint density at radius 3 is 2.72 bits per heavy atom. The van der Waals surface area contributed by atoms with Crippen LogP contribution in [0.2, 0.25) is 0 Å². The highest BCUT2D eigenvalue weighted by molar-refractivity contribution is 5.76. The number of nitrogens with zero attached hydrogens (tertiary/aromatic N) is 1. The molecule has 0 radical (unpaired) electrons. The SMILES string of the molecule is CCC(C)CN(CC)C(=O)CC1NCCCC1C. The van der Waals surface area contributed by atoms with Crippen LogP contribution >= 0.6 is 0 Å². The van der Waals surface area contributed by atoms with Crippen LogP contribution in [-0.2, 0) is 4.79 Å². The largest absolute Gasteiger partial charge is 0.343 e. The summed E-state index contributed by atoms with van der Waals surface area (Å²) in [6, 6.07) is 0.386. The molecule has 3 unspecified atom stereocenters. The molecule has 1 aliphatic rings. The summed E-state index contributed by atoms with van der Waals surface area (Å²) in [5.74, 6) is 1.56. The fourth-order valence-electron chi connectivity index (χ4n) is 2.62. The maximum atomic E-state index is 12.3. The second-order valence-corrected chi connectivity index (χ2v) is 5.83. The Morgan fingerprint density at radius 1 is 1.44 bits per heavy atom. The van der Waals surface area contributed by atoms with Crippen LogP contribution in [0.25, 0.3) is 0 Å². The summed E-state index contributed by atoms with van der Waals surface area (Å²) in [7, 11) is 0. The predicted molar refractivity (Wildman–Crippen MR) is 76.5 cm³/mol. The highest BCUT2D eigenvalue weighted by Crippen LogP contribution is 2.19. The summed E-state index contributed by atoms with van der Waals surface area (Å²) < 4.78 is 0. The van der Waals surface area contributed by atoms with E-state index in [-0.39, 0.29) is 0 Å². The molecule has 0 aliphatic carbocycles. The molecule has 1 saturated heterocycles. The number of carbonyl (C=O) groups is 1. The van der Waals surface area contributed by atoms with E-state index in [0.29, 0.717) is 30.2 Å². The van der Waals surface area contributed by atoms with E-state index in [4.69, 9.17) is 0 Å². The topological polar surface area (TPSA) is 32.3 Å². The van der Waals surface area contributed by atoms with Crippen LogP contribution < -0.4 is 5.32 Å². The average molecular weight is 254 g/mol. The predicted octanol–water partition coefficient (Wildman–Crippen LogP) is 2.66. The molecular weight excluding hydrogens is 224 g/mol. The van der Waals surface area contributed by atoms with Gasteiger partial charge in [-0.1, -0.05) is 27.2 Å². The van der Waals surface area contributed by atoms with E-state index < -0.39 is 0 Å². The lowest BCUT2D eigenvalue weighted by molar-refractivity contribution is -0.132. The van der Waals surface area contributed by atoms with Crippen molar-refractivity contribution in [2.45, 2.75) is 59.4 Å². The average Bonchev–Trinajstić information content (AvgIpc) is 2.38. The van der Waals surface area contributed by atoms with Crippen molar-refractivity contribution in [1.29, 1.82) is 0 Å². The quantitative estimate of drug-likeness (QED) is 0.790. The molecule has 0 aromatic heterocycles. The molecule has 1 heterocycles. The summed E-state index contributed by atoms with van der Waals surface area (Å²) in [5, 5.41) is 3.50. The molecule has 1 amide bonds. The lowest BCUT2D eigenvalue weighted by atomic mass is 9.90.